The van der Waals surface area contributed by atoms with E-state index in [1.54, 1.807) is 11.3 Å². The molecule has 9 atom stereocenters. The summed E-state index contributed by atoms with van der Waals surface area (Å²) >= 11 is 1.72. The first-order chi connectivity index (χ1) is 17.2. The number of carbonyl (C=O) groups is 3. The predicted molar refractivity (Wildman–Crippen MR) is 145 cm³/mol. The van der Waals surface area contributed by atoms with Crippen molar-refractivity contribution in [3.05, 3.63) is 22.4 Å². The number of fused-ring (bicyclic) bond motifs is 5. The minimum Gasteiger partial charge on any atom is -0.348 e. The van der Waals surface area contributed by atoms with Crippen LogP contribution in [-0.4, -0.2) is 17.5 Å². The summed E-state index contributed by atoms with van der Waals surface area (Å²) in [7, 11) is 0. The molecular formula is C31H45NO3S. The number of Topliss-reactive ketones (excluding diaryl/α,β-unsaturated/α-hetero) is 2. The molecule has 5 heteroatoms. The van der Waals surface area contributed by atoms with Crippen molar-refractivity contribution in [2.45, 2.75) is 104 Å². The molecule has 0 aliphatic heterocycles. The second kappa shape index (κ2) is 10.0. The molecule has 4 aliphatic carbocycles. The molecule has 0 radical (unpaired) electrons. The van der Waals surface area contributed by atoms with Crippen molar-refractivity contribution in [1.82, 2.24) is 5.32 Å². The van der Waals surface area contributed by atoms with Crippen molar-refractivity contribution >= 4 is 28.8 Å². The summed E-state index contributed by atoms with van der Waals surface area (Å²) in [6, 6.07) is 4.31. The van der Waals surface area contributed by atoms with Gasteiger partial charge < -0.3 is 5.32 Å². The normalized spacial score (nSPS) is 39.6. The summed E-state index contributed by atoms with van der Waals surface area (Å²) < 4.78 is 0. The van der Waals surface area contributed by atoms with Gasteiger partial charge in [-0.25, -0.2) is 0 Å². The lowest BCUT2D eigenvalue weighted by atomic mass is 9.44. The first-order valence-electron chi connectivity index (χ1n) is 14.5. The highest BCUT2D eigenvalue weighted by Gasteiger charge is 2.63. The van der Waals surface area contributed by atoms with Gasteiger partial charge in [0.2, 0.25) is 5.91 Å². The van der Waals surface area contributed by atoms with Crippen LogP contribution in [0.4, 0.5) is 0 Å². The number of hydrogen-bond acceptors (Lipinski definition) is 4. The van der Waals surface area contributed by atoms with Gasteiger partial charge in [-0.3, -0.25) is 14.4 Å². The highest BCUT2D eigenvalue weighted by molar-refractivity contribution is 7.10. The molecule has 0 saturated heterocycles. The molecular weight excluding hydrogens is 466 g/mol. The van der Waals surface area contributed by atoms with E-state index in [9.17, 15) is 14.4 Å². The number of thiophene rings is 1. The van der Waals surface area contributed by atoms with Crippen LogP contribution in [0.5, 0.6) is 0 Å². The van der Waals surface area contributed by atoms with Crippen molar-refractivity contribution in [3.63, 3.8) is 0 Å². The standard InChI is InChI=1S/C31H45NO3S/c1-5-7-25(27-8-6-15-36-27)32-28(35)16-19(2)22-9-10-23-29-24(12-14-31(22,23)4)30(3)13-11-21(33)17-20(30)18-26(29)34/h6,8,15,19-20,22-25,29H,5,7,9-14,16-18H2,1-4H3,(H,32,35)/t19-,20?,22?,23+,24+,25?,29?,30?,31?/m1/s1. The third-order valence-electron chi connectivity index (χ3n) is 11.4. The van der Waals surface area contributed by atoms with Crippen LogP contribution >= 0.6 is 11.3 Å². The van der Waals surface area contributed by atoms with Crippen molar-refractivity contribution < 1.29 is 14.4 Å². The zero-order valence-electron chi connectivity index (χ0n) is 22.7. The molecule has 5 rings (SSSR count). The largest absolute Gasteiger partial charge is 0.348 e. The van der Waals surface area contributed by atoms with Crippen LogP contribution in [0.25, 0.3) is 0 Å². The van der Waals surface area contributed by atoms with Crippen LogP contribution in [0.1, 0.15) is 109 Å². The van der Waals surface area contributed by atoms with Gasteiger partial charge in [0.05, 0.1) is 6.04 Å². The molecule has 0 aromatic carbocycles. The van der Waals surface area contributed by atoms with Crippen molar-refractivity contribution in [2.24, 2.45) is 46.3 Å². The Kier molecular flexibility index (Phi) is 7.26. The van der Waals surface area contributed by atoms with E-state index in [1.165, 1.54) is 4.88 Å². The van der Waals surface area contributed by atoms with Gasteiger partial charge in [0.25, 0.3) is 0 Å². The summed E-state index contributed by atoms with van der Waals surface area (Å²) in [5.74, 6) is 3.08. The zero-order chi connectivity index (χ0) is 25.7. The lowest BCUT2D eigenvalue weighted by molar-refractivity contribution is -0.159. The molecule has 4 saturated carbocycles. The molecule has 6 unspecified atom stereocenters. The van der Waals surface area contributed by atoms with Crippen LogP contribution < -0.4 is 5.32 Å². The van der Waals surface area contributed by atoms with E-state index in [-0.39, 0.29) is 34.6 Å². The van der Waals surface area contributed by atoms with Crippen molar-refractivity contribution in [1.29, 1.82) is 0 Å². The van der Waals surface area contributed by atoms with Gasteiger partial charge in [0.1, 0.15) is 11.6 Å². The molecule has 1 aromatic rings. The molecule has 198 valence electrons. The molecule has 1 heterocycles. The molecule has 1 aromatic heterocycles. The minimum absolute atomic E-state index is 0.118. The highest BCUT2D eigenvalue weighted by Crippen LogP contribution is 2.67. The Bertz CT molecular complexity index is 988. The Morgan fingerprint density at radius 3 is 2.61 bits per heavy atom. The fraction of sp³-hybridized carbons (Fsp3) is 0.774. The summed E-state index contributed by atoms with van der Waals surface area (Å²) in [5, 5.41) is 5.43. The Balaban J connectivity index is 1.28. The second-order valence-electron chi connectivity index (χ2n) is 13.2. The zero-order valence-corrected chi connectivity index (χ0v) is 23.5. The van der Waals surface area contributed by atoms with E-state index in [0.717, 1.165) is 44.9 Å². The van der Waals surface area contributed by atoms with E-state index in [0.29, 0.717) is 60.9 Å². The van der Waals surface area contributed by atoms with E-state index >= 15 is 0 Å². The lowest BCUT2D eigenvalue weighted by Gasteiger charge is -2.59. The Morgan fingerprint density at radius 2 is 1.89 bits per heavy atom. The average molecular weight is 512 g/mol. The predicted octanol–water partition coefficient (Wildman–Crippen LogP) is 7.14. The fourth-order valence-corrected chi connectivity index (χ4v) is 10.3. The number of nitrogens with one attached hydrogen (secondary N) is 1. The van der Waals surface area contributed by atoms with Crippen LogP contribution in [0, 0.1) is 46.3 Å². The molecule has 1 amide bonds. The topological polar surface area (TPSA) is 63.2 Å². The average Bonchev–Trinajstić information content (AvgIpc) is 3.48. The van der Waals surface area contributed by atoms with Gasteiger partial charge in [0, 0.05) is 36.5 Å². The van der Waals surface area contributed by atoms with Gasteiger partial charge in [-0.05, 0) is 90.4 Å². The summed E-state index contributed by atoms with van der Waals surface area (Å²) in [4.78, 5) is 40.2. The van der Waals surface area contributed by atoms with Gasteiger partial charge in [0.15, 0.2) is 0 Å². The van der Waals surface area contributed by atoms with Crippen LogP contribution in [0.3, 0.4) is 0 Å². The lowest BCUT2D eigenvalue weighted by Crippen LogP contribution is -2.57. The summed E-state index contributed by atoms with van der Waals surface area (Å²) in [5.41, 5.74) is 0.286. The van der Waals surface area contributed by atoms with Gasteiger partial charge in [-0.1, -0.05) is 40.2 Å². The SMILES string of the molecule is CCCC(NC(=O)C[C@@H](C)C1CC[C@H]2C3C(=O)CC4CC(=O)CCC4(C)[C@H]3CCC12C)c1cccs1. The fourth-order valence-electron chi connectivity index (χ4n) is 9.45. The van der Waals surface area contributed by atoms with Gasteiger partial charge in [-0.15, -0.1) is 11.3 Å². The van der Waals surface area contributed by atoms with E-state index < -0.39 is 0 Å². The van der Waals surface area contributed by atoms with Crippen LogP contribution in [0.15, 0.2) is 17.5 Å². The molecule has 4 aliphatic rings. The van der Waals surface area contributed by atoms with Gasteiger partial charge >= 0.3 is 0 Å². The summed E-state index contributed by atoms with van der Waals surface area (Å²) in [6.45, 7) is 9.29. The third kappa shape index (κ3) is 4.41. The molecule has 4 nitrogen and oxygen atoms in total. The molecule has 1 N–H and O–H groups in total. The first kappa shape index (κ1) is 26.1. The van der Waals surface area contributed by atoms with Crippen LogP contribution in [-0.2, 0) is 14.4 Å². The van der Waals surface area contributed by atoms with Crippen LogP contribution in [0.2, 0.25) is 0 Å². The first-order valence-corrected chi connectivity index (χ1v) is 15.4. The highest BCUT2D eigenvalue weighted by atomic mass is 32.1. The summed E-state index contributed by atoms with van der Waals surface area (Å²) in [6.07, 6.45) is 10.0. The minimum atomic E-state index is 0.118. The number of hydrogen-bond donors (Lipinski definition) is 1. The molecule has 36 heavy (non-hydrogen) atoms. The molecule has 0 spiro atoms. The van der Waals surface area contributed by atoms with E-state index in [2.05, 4.69) is 50.5 Å². The maximum absolute atomic E-state index is 13.6. The second-order valence-corrected chi connectivity index (χ2v) is 14.2. The number of rotatable bonds is 7. The van der Waals surface area contributed by atoms with E-state index in [4.69, 9.17) is 0 Å². The smallest absolute Gasteiger partial charge is 0.220 e. The third-order valence-corrected chi connectivity index (χ3v) is 12.3. The number of ketones is 2. The molecule has 0 bridgehead atoms. The number of amides is 1. The van der Waals surface area contributed by atoms with E-state index in [1.807, 2.05) is 0 Å². The number of carbonyl (C=O) groups excluding carboxylic acids is 3. The quantitative estimate of drug-likeness (QED) is 0.423. The Hall–Kier alpha value is -1.49. The maximum Gasteiger partial charge on any atom is 0.220 e. The molecule has 4 fully saturated rings. The monoisotopic (exact) mass is 511 g/mol. The Morgan fingerprint density at radius 1 is 1.11 bits per heavy atom. The van der Waals surface area contributed by atoms with Crippen molar-refractivity contribution in [3.8, 4) is 0 Å². The Labute approximate surface area is 221 Å². The van der Waals surface area contributed by atoms with Gasteiger partial charge in [-0.2, -0.15) is 0 Å². The van der Waals surface area contributed by atoms with Crippen molar-refractivity contribution in [2.75, 3.05) is 0 Å². The maximum atomic E-state index is 13.6.